The summed E-state index contributed by atoms with van der Waals surface area (Å²) in [7, 11) is 1.86. The number of likely N-dealkylation sites (N-methyl/N-ethyl adjacent to an activating group) is 1. The molecule has 0 fully saturated rings. The van der Waals surface area contributed by atoms with Crippen LogP contribution in [0.1, 0.15) is 5.56 Å². The minimum Gasteiger partial charge on any atom is -0.492 e. The molecule has 2 rings (SSSR count). The van der Waals surface area contributed by atoms with Crippen molar-refractivity contribution in [2.24, 2.45) is 5.92 Å². The van der Waals surface area contributed by atoms with Crippen LogP contribution in [0.15, 0.2) is 18.2 Å². The molecule has 0 aromatic heterocycles. The molecule has 2 N–H and O–H groups in total. The predicted octanol–water partition coefficient (Wildman–Crippen LogP) is 1.65. The van der Waals surface area contributed by atoms with Gasteiger partial charge in [0.1, 0.15) is 12.4 Å². The maximum atomic E-state index is 11.9. The standard InChI is InChI=1S/C13H17ClN2O2.ClH/c1-15-4-5-16-13(17)10-6-9-7-11(14)2-3-12(9)18-8-10;/h2-3,7,10,15H,4-6,8H2,1H3,(H,16,17);1H. The number of nitrogens with one attached hydrogen (secondary N) is 2. The minimum atomic E-state index is -0.132. The van der Waals surface area contributed by atoms with Crippen molar-refractivity contribution in [3.8, 4) is 5.75 Å². The molecule has 1 aliphatic heterocycles. The normalized spacial score (nSPS) is 16.8. The van der Waals surface area contributed by atoms with E-state index in [0.717, 1.165) is 17.9 Å². The molecule has 1 aliphatic rings. The van der Waals surface area contributed by atoms with E-state index in [4.69, 9.17) is 16.3 Å². The van der Waals surface area contributed by atoms with E-state index in [2.05, 4.69) is 10.6 Å². The first kappa shape index (κ1) is 16.1. The van der Waals surface area contributed by atoms with Crippen molar-refractivity contribution in [1.82, 2.24) is 10.6 Å². The lowest BCUT2D eigenvalue weighted by molar-refractivity contribution is -0.126. The van der Waals surface area contributed by atoms with Gasteiger partial charge in [0.2, 0.25) is 5.91 Å². The average molecular weight is 305 g/mol. The Morgan fingerprint density at radius 1 is 1.47 bits per heavy atom. The summed E-state index contributed by atoms with van der Waals surface area (Å²) in [6.45, 7) is 1.83. The number of carbonyl (C=O) groups excluding carboxylic acids is 1. The highest BCUT2D eigenvalue weighted by Gasteiger charge is 2.25. The second-order valence-corrected chi connectivity index (χ2v) is 4.80. The van der Waals surface area contributed by atoms with Crippen LogP contribution < -0.4 is 15.4 Å². The second-order valence-electron chi connectivity index (χ2n) is 4.36. The van der Waals surface area contributed by atoms with E-state index < -0.39 is 0 Å². The summed E-state index contributed by atoms with van der Waals surface area (Å²) in [6.07, 6.45) is 0.682. The molecule has 0 aliphatic carbocycles. The lowest BCUT2D eigenvalue weighted by atomic mass is 9.96. The van der Waals surface area contributed by atoms with Crippen LogP contribution in [0.2, 0.25) is 5.02 Å². The molecule has 4 nitrogen and oxygen atoms in total. The maximum absolute atomic E-state index is 11.9. The molecule has 1 atom stereocenters. The molecule has 0 spiro atoms. The highest BCUT2D eigenvalue weighted by atomic mass is 35.5. The first-order chi connectivity index (χ1) is 8.70. The molecule has 0 radical (unpaired) electrons. The number of rotatable bonds is 4. The van der Waals surface area contributed by atoms with Crippen LogP contribution in [0.3, 0.4) is 0 Å². The number of carbonyl (C=O) groups is 1. The van der Waals surface area contributed by atoms with E-state index in [1.54, 1.807) is 6.07 Å². The highest BCUT2D eigenvalue weighted by molar-refractivity contribution is 6.30. The van der Waals surface area contributed by atoms with Gasteiger partial charge in [-0.05, 0) is 37.2 Å². The summed E-state index contributed by atoms with van der Waals surface area (Å²) >= 11 is 5.94. The Morgan fingerprint density at radius 2 is 2.26 bits per heavy atom. The number of halogens is 2. The van der Waals surface area contributed by atoms with Gasteiger partial charge in [0.05, 0.1) is 5.92 Å². The fraction of sp³-hybridized carbons (Fsp3) is 0.462. The first-order valence-electron chi connectivity index (χ1n) is 6.04. The number of hydrogen-bond acceptors (Lipinski definition) is 3. The topological polar surface area (TPSA) is 50.4 Å². The lowest BCUT2D eigenvalue weighted by Gasteiger charge is -2.24. The summed E-state index contributed by atoms with van der Waals surface area (Å²) in [5, 5.41) is 6.54. The van der Waals surface area contributed by atoms with Crippen LogP contribution in [-0.2, 0) is 11.2 Å². The average Bonchev–Trinajstić information content (AvgIpc) is 2.38. The number of amides is 1. The summed E-state index contributed by atoms with van der Waals surface area (Å²) in [6, 6.07) is 5.52. The Balaban J connectivity index is 0.00000180. The van der Waals surface area contributed by atoms with Gasteiger partial charge in [-0.25, -0.2) is 0 Å². The van der Waals surface area contributed by atoms with Crippen LogP contribution in [0.25, 0.3) is 0 Å². The molecule has 1 aromatic rings. The molecular weight excluding hydrogens is 287 g/mol. The Kier molecular flexibility index (Phi) is 6.42. The van der Waals surface area contributed by atoms with Gasteiger partial charge in [0.15, 0.2) is 0 Å². The zero-order valence-corrected chi connectivity index (χ0v) is 12.3. The molecule has 19 heavy (non-hydrogen) atoms. The minimum absolute atomic E-state index is 0. The third kappa shape index (κ3) is 4.27. The molecule has 0 saturated heterocycles. The predicted molar refractivity (Wildman–Crippen MR) is 78.3 cm³/mol. The van der Waals surface area contributed by atoms with Crippen molar-refractivity contribution in [3.63, 3.8) is 0 Å². The molecule has 6 heteroatoms. The van der Waals surface area contributed by atoms with Gasteiger partial charge < -0.3 is 15.4 Å². The van der Waals surface area contributed by atoms with E-state index in [9.17, 15) is 4.79 Å². The van der Waals surface area contributed by atoms with Crippen molar-refractivity contribution in [3.05, 3.63) is 28.8 Å². The quantitative estimate of drug-likeness (QED) is 0.832. The van der Waals surface area contributed by atoms with Gasteiger partial charge in [-0.15, -0.1) is 12.4 Å². The molecule has 0 bridgehead atoms. The van der Waals surface area contributed by atoms with E-state index in [1.165, 1.54) is 0 Å². The lowest BCUT2D eigenvalue weighted by Crippen LogP contribution is -2.39. The second kappa shape index (κ2) is 7.58. The number of ether oxygens (including phenoxy) is 1. The SMILES string of the molecule is CNCCNC(=O)C1COc2ccc(Cl)cc2C1.Cl. The van der Waals surface area contributed by atoms with Gasteiger partial charge >= 0.3 is 0 Å². The molecule has 1 amide bonds. The Hall–Kier alpha value is -0.970. The van der Waals surface area contributed by atoms with Crippen LogP contribution in [-0.4, -0.2) is 32.7 Å². The van der Waals surface area contributed by atoms with Crippen molar-refractivity contribution in [1.29, 1.82) is 0 Å². The van der Waals surface area contributed by atoms with Crippen molar-refractivity contribution in [2.75, 3.05) is 26.7 Å². The Labute approximate surface area is 124 Å². The largest absolute Gasteiger partial charge is 0.492 e. The number of benzene rings is 1. The van der Waals surface area contributed by atoms with Crippen molar-refractivity contribution < 1.29 is 9.53 Å². The summed E-state index contributed by atoms with van der Waals surface area (Å²) in [5.41, 5.74) is 1.00. The first-order valence-corrected chi connectivity index (χ1v) is 6.42. The third-order valence-electron chi connectivity index (χ3n) is 2.97. The fourth-order valence-electron chi connectivity index (χ4n) is 1.99. The van der Waals surface area contributed by atoms with Gasteiger partial charge in [0.25, 0.3) is 0 Å². The molecular formula is C13H18Cl2N2O2. The third-order valence-corrected chi connectivity index (χ3v) is 3.21. The Bertz CT molecular complexity index is 441. The van der Waals surface area contributed by atoms with Gasteiger partial charge in [0, 0.05) is 18.1 Å². The van der Waals surface area contributed by atoms with E-state index in [-0.39, 0.29) is 24.2 Å². The zero-order valence-electron chi connectivity index (χ0n) is 10.7. The van der Waals surface area contributed by atoms with Crippen LogP contribution in [0.4, 0.5) is 0 Å². The van der Waals surface area contributed by atoms with Gasteiger partial charge in [-0.2, -0.15) is 0 Å². The summed E-state index contributed by atoms with van der Waals surface area (Å²) < 4.78 is 5.58. The smallest absolute Gasteiger partial charge is 0.226 e. The van der Waals surface area contributed by atoms with E-state index in [0.29, 0.717) is 24.6 Å². The fourth-order valence-corrected chi connectivity index (χ4v) is 2.18. The van der Waals surface area contributed by atoms with E-state index in [1.807, 2.05) is 19.2 Å². The maximum Gasteiger partial charge on any atom is 0.226 e. The van der Waals surface area contributed by atoms with Crippen LogP contribution >= 0.6 is 24.0 Å². The van der Waals surface area contributed by atoms with Crippen LogP contribution in [0, 0.1) is 5.92 Å². The van der Waals surface area contributed by atoms with Crippen molar-refractivity contribution >= 4 is 29.9 Å². The number of hydrogen-bond donors (Lipinski definition) is 2. The molecule has 0 saturated carbocycles. The monoisotopic (exact) mass is 304 g/mol. The molecule has 106 valence electrons. The molecule has 1 heterocycles. The number of fused-ring (bicyclic) bond motifs is 1. The van der Waals surface area contributed by atoms with Crippen molar-refractivity contribution in [2.45, 2.75) is 6.42 Å². The molecule has 1 unspecified atom stereocenters. The summed E-state index contributed by atoms with van der Waals surface area (Å²) in [5.74, 6) is 0.738. The molecule has 1 aromatic carbocycles. The highest BCUT2D eigenvalue weighted by Crippen LogP contribution is 2.29. The van der Waals surface area contributed by atoms with Gasteiger partial charge in [-0.1, -0.05) is 11.6 Å². The van der Waals surface area contributed by atoms with Gasteiger partial charge in [-0.3, -0.25) is 4.79 Å². The Morgan fingerprint density at radius 3 is 3.00 bits per heavy atom. The summed E-state index contributed by atoms with van der Waals surface area (Å²) in [4.78, 5) is 11.9. The van der Waals surface area contributed by atoms with E-state index >= 15 is 0 Å². The van der Waals surface area contributed by atoms with Crippen LogP contribution in [0.5, 0.6) is 5.75 Å². The zero-order chi connectivity index (χ0) is 13.0.